The van der Waals surface area contributed by atoms with Crippen molar-refractivity contribution in [2.24, 2.45) is 0 Å². The lowest BCUT2D eigenvalue weighted by molar-refractivity contribution is -0.384. The Bertz CT molecular complexity index is 866. The van der Waals surface area contributed by atoms with Gasteiger partial charge in [-0.1, -0.05) is 29.3 Å². The van der Waals surface area contributed by atoms with E-state index in [0.29, 0.717) is 21.4 Å². The van der Waals surface area contributed by atoms with E-state index < -0.39 is 10.8 Å². The number of halogens is 2. The number of ether oxygens (including phenoxy) is 1. The second-order valence-electron chi connectivity index (χ2n) is 5.11. The highest BCUT2D eigenvalue weighted by atomic mass is 35.5. The fourth-order valence-electron chi connectivity index (χ4n) is 2.16. The Morgan fingerprint density at radius 2 is 2.00 bits per heavy atom. The number of nitro benzene ring substituents is 1. The maximum atomic E-state index is 12.1. The molecule has 0 atom stereocenters. The van der Waals surface area contributed by atoms with Crippen LogP contribution in [0.5, 0.6) is 5.75 Å². The minimum Gasteiger partial charge on any atom is -0.495 e. The van der Waals surface area contributed by atoms with Gasteiger partial charge >= 0.3 is 0 Å². The van der Waals surface area contributed by atoms with E-state index in [1.807, 2.05) is 0 Å². The van der Waals surface area contributed by atoms with E-state index in [1.165, 1.54) is 37.5 Å². The van der Waals surface area contributed by atoms with E-state index >= 15 is 0 Å². The van der Waals surface area contributed by atoms with Crippen LogP contribution in [0.2, 0.25) is 10.0 Å². The van der Waals surface area contributed by atoms with Crippen LogP contribution >= 0.6 is 23.2 Å². The number of methoxy groups -OCH3 is 1. The normalized spacial score (nSPS) is 10.7. The average Bonchev–Trinajstić information content (AvgIpc) is 2.54. The van der Waals surface area contributed by atoms with Crippen molar-refractivity contribution >= 4 is 46.6 Å². The smallest absolute Gasteiger partial charge is 0.293 e. The van der Waals surface area contributed by atoms with Crippen LogP contribution in [0.25, 0.3) is 6.08 Å². The zero-order valence-electron chi connectivity index (χ0n) is 13.4. The number of carbonyl (C=O) groups excluding carboxylic acids is 1. The molecule has 2 aromatic carbocycles. The topological polar surface area (TPSA) is 81.5 Å². The molecule has 6 nitrogen and oxygen atoms in total. The molecule has 0 spiro atoms. The number of amides is 1. The Labute approximate surface area is 154 Å². The standard InChI is InChI=1S/C17H14Cl2N2O4/c1-10-3-5-14(15(7-10)21(23)24)20-16(22)6-4-11-8-12(18)9-13(19)17(11)25-2/h3-9H,1-2H3,(H,20,22). The number of rotatable bonds is 5. The highest BCUT2D eigenvalue weighted by Crippen LogP contribution is 2.33. The molecule has 0 aliphatic rings. The molecule has 0 bridgehead atoms. The molecule has 0 saturated carbocycles. The maximum Gasteiger partial charge on any atom is 0.293 e. The summed E-state index contributed by atoms with van der Waals surface area (Å²) in [6.45, 7) is 1.73. The molecule has 1 amide bonds. The number of carbonyl (C=O) groups is 1. The average molecular weight is 381 g/mol. The van der Waals surface area contributed by atoms with E-state index in [9.17, 15) is 14.9 Å². The van der Waals surface area contributed by atoms with Crippen molar-refractivity contribution in [3.8, 4) is 5.75 Å². The minimum atomic E-state index is -0.550. The number of hydrogen-bond acceptors (Lipinski definition) is 4. The maximum absolute atomic E-state index is 12.1. The van der Waals surface area contributed by atoms with E-state index in [-0.39, 0.29) is 11.4 Å². The lowest BCUT2D eigenvalue weighted by atomic mass is 10.1. The molecule has 130 valence electrons. The molecule has 0 unspecified atom stereocenters. The van der Waals surface area contributed by atoms with E-state index in [0.717, 1.165) is 5.56 Å². The third kappa shape index (κ3) is 4.71. The molecular weight excluding hydrogens is 367 g/mol. The fourth-order valence-corrected chi connectivity index (χ4v) is 2.74. The number of aryl methyl sites for hydroxylation is 1. The number of hydrogen-bond donors (Lipinski definition) is 1. The number of nitro groups is 1. The zero-order valence-corrected chi connectivity index (χ0v) is 14.9. The number of nitrogens with zero attached hydrogens (tertiary/aromatic N) is 1. The van der Waals surface area contributed by atoms with Crippen LogP contribution in [-0.4, -0.2) is 17.9 Å². The molecule has 2 aromatic rings. The van der Waals surface area contributed by atoms with Gasteiger partial charge in [0.1, 0.15) is 11.4 Å². The van der Waals surface area contributed by atoms with Crippen LogP contribution in [0.3, 0.4) is 0 Å². The first kappa shape index (κ1) is 18.8. The second kappa shape index (κ2) is 8.00. The molecule has 0 saturated heterocycles. The quantitative estimate of drug-likeness (QED) is 0.455. The monoisotopic (exact) mass is 380 g/mol. The van der Waals surface area contributed by atoms with Gasteiger partial charge in [0.2, 0.25) is 5.91 Å². The summed E-state index contributed by atoms with van der Waals surface area (Å²) in [7, 11) is 1.45. The number of nitrogens with one attached hydrogen (secondary N) is 1. The molecule has 0 radical (unpaired) electrons. The Kier molecular flexibility index (Phi) is 6.01. The third-order valence-corrected chi connectivity index (χ3v) is 3.76. The van der Waals surface area contributed by atoms with Gasteiger partial charge in [0.15, 0.2) is 0 Å². The van der Waals surface area contributed by atoms with Gasteiger partial charge in [-0.2, -0.15) is 0 Å². The van der Waals surface area contributed by atoms with Crippen LogP contribution < -0.4 is 10.1 Å². The molecular formula is C17H14Cl2N2O4. The van der Waals surface area contributed by atoms with Gasteiger partial charge < -0.3 is 10.1 Å². The summed E-state index contributed by atoms with van der Waals surface area (Å²) in [5, 5.41) is 14.3. The zero-order chi connectivity index (χ0) is 18.6. The predicted molar refractivity (Wildman–Crippen MR) is 98.5 cm³/mol. The lowest BCUT2D eigenvalue weighted by Crippen LogP contribution is -2.09. The summed E-state index contributed by atoms with van der Waals surface area (Å²) in [5.74, 6) is -0.165. The van der Waals surface area contributed by atoms with Gasteiger partial charge in [-0.25, -0.2) is 0 Å². The first-order valence-electron chi connectivity index (χ1n) is 7.09. The van der Waals surface area contributed by atoms with Crippen molar-refractivity contribution in [2.75, 3.05) is 12.4 Å². The van der Waals surface area contributed by atoms with E-state index in [2.05, 4.69) is 5.32 Å². The molecule has 0 aliphatic carbocycles. The van der Waals surface area contributed by atoms with Crippen LogP contribution in [0.1, 0.15) is 11.1 Å². The van der Waals surface area contributed by atoms with Gasteiger partial charge in [-0.15, -0.1) is 0 Å². The molecule has 0 aliphatic heterocycles. The molecule has 8 heteroatoms. The molecule has 2 rings (SSSR count). The Morgan fingerprint density at radius 1 is 1.28 bits per heavy atom. The Hall–Kier alpha value is -2.57. The van der Waals surface area contributed by atoms with Gasteiger partial charge in [0.05, 0.1) is 17.1 Å². The van der Waals surface area contributed by atoms with Crippen molar-refractivity contribution in [3.63, 3.8) is 0 Å². The fraction of sp³-hybridized carbons (Fsp3) is 0.118. The molecule has 1 N–H and O–H groups in total. The van der Waals surface area contributed by atoms with Crippen molar-refractivity contribution in [3.05, 3.63) is 67.7 Å². The van der Waals surface area contributed by atoms with E-state index in [1.54, 1.807) is 19.1 Å². The lowest BCUT2D eigenvalue weighted by Gasteiger charge is -2.08. The van der Waals surface area contributed by atoms with Crippen molar-refractivity contribution in [2.45, 2.75) is 6.92 Å². The van der Waals surface area contributed by atoms with Crippen LogP contribution in [0, 0.1) is 17.0 Å². The minimum absolute atomic E-state index is 0.112. The molecule has 0 aromatic heterocycles. The number of anilines is 1. The molecule has 25 heavy (non-hydrogen) atoms. The van der Waals surface area contributed by atoms with Crippen molar-refractivity contribution < 1.29 is 14.5 Å². The largest absolute Gasteiger partial charge is 0.495 e. The first-order valence-corrected chi connectivity index (χ1v) is 7.84. The Morgan fingerprint density at radius 3 is 2.64 bits per heavy atom. The summed E-state index contributed by atoms with van der Waals surface area (Å²) in [5.41, 5.74) is 1.17. The molecule has 0 fully saturated rings. The summed E-state index contributed by atoms with van der Waals surface area (Å²) in [6.07, 6.45) is 2.68. The SMILES string of the molecule is COc1c(Cl)cc(Cl)cc1C=CC(=O)Nc1ccc(C)cc1[N+](=O)[O-]. The highest BCUT2D eigenvalue weighted by Gasteiger charge is 2.15. The number of benzene rings is 2. The highest BCUT2D eigenvalue weighted by molar-refractivity contribution is 6.36. The van der Waals surface area contributed by atoms with Gasteiger partial charge in [-0.3, -0.25) is 14.9 Å². The molecule has 0 heterocycles. The van der Waals surface area contributed by atoms with E-state index in [4.69, 9.17) is 27.9 Å². The second-order valence-corrected chi connectivity index (χ2v) is 5.95. The van der Waals surface area contributed by atoms with Crippen LogP contribution in [-0.2, 0) is 4.79 Å². The summed E-state index contributed by atoms with van der Waals surface area (Å²) in [4.78, 5) is 22.6. The van der Waals surface area contributed by atoms with Crippen LogP contribution in [0.15, 0.2) is 36.4 Å². The van der Waals surface area contributed by atoms with Crippen LogP contribution in [0.4, 0.5) is 11.4 Å². The van der Waals surface area contributed by atoms with Gasteiger partial charge in [0, 0.05) is 22.7 Å². The van der Waals surface area contributed by atoms with Gasteiger partial charge in [0.25, 0.3) is 5.69 Å². The van der Waals surface area contributed by atoms with Crippen molar-refractivity contribution in [1.29, 1.82) is 0 Å². The Balaban J connectivity index is 2.24. The summed E-state index contributed by atoms with van der Waals surface area (Å²) >= 11 is 12.0. The summed E-state index contributed by atoms with van der Waals surface area (Å²) in [6, 6.07) is 7.65. The predicted octanol–water partition coefficient (Wildman–Crippen LogP) is 4.87. The van der Waals surface area contributed by atoms with Crippen molar-refractivity contribution in [1.82, 2.24) is 0 Å². The van der Waals surface area contributed by atoms with Gasteiger partial charge in [-0.05, 0) is 36.8 Å². The third-order valence-electron chi connectivity index (χ3n) is 3.26. The first-order chi connectivity index (χ1) is 11.8. The summed E-state index contributed by atoms with van der Waals surface area (Å²) < 4.78 is 5.18.